The summed E-state index contributed by atoms with van der Waals surface area (Å²) >= 11 is 0. The van der Waals surface area contributed by atoms with Crippen LogP contribution in [-0.4, -0.2) is 33.4 Å². The third kappa shape index (κ3) is 2.77. The quantitative estimate of drug-likeness (QED) is 0.856. The van der Waals surface area contributed by atoms with Crippen LogP contribution in [0.5, 0.6) is 5.75 Å². The van der Waals surface area contributed by atoms with Crippen LogP contribution in [0.4, 0.5) is 0 Å². The van der Waals surface area contributed by atoms with E-state index in [2.05, 4.69) is 5.32 Å². The molecule has 1 N–H and O–H groups in total. The first kappa shape index (κ1) is 12.3. The molecule has 2 rings (SSSR count). The zero-order valence-electron chi connectivity index (χ0n) is 9.93. The Balaban J connectivity index is 2.23. The number of hydrogen-bond donors (Lipinski definition) is 1. The lowest BCUT2D eigenvalue weighted by atomic mass is 10.0. The normalized spacial score (nSPS) is 15.7. The molecule has 0 atom stereocenters. The molecular formula is C11H16N2O3S. The Kier molecular flexibility index (Phi) is 3.37. The van der Waals surface area contributed by atoms with Gasteiger partial charge < -0.3 is 9.50 Å². The monoisotopic (exact) mass is 256 g/mol. The van der Waals surface area contributed by atoms with E-state index in [1.165, 1.54) is 19.7 Å². The van der Waals surface area contributed by atoms with Crippen LogP contribution in [0.2, 0.25) is 0 Å². The van der Waals surface area contributed by atoms with E-state index < -0.39 is 10.3 Å². The van der Waals surface area contributed by atoms with Crippen molar-refractivity contribution in [2.75, 3.05) is 20.6 Å². The van der Waals surface area contributed by atoms with Gasteiger partial charge in [-0.25, -0.2) is 0 Å². The fourth-order valence-corrected chi connectivity index (χ4v) is 2.20. The average Bonchev–Trinajstić information content (AvgIpc) is 2.28. The third-order valence-corrected chi connectivity index (χ3v) is 4.01. The number of nitrogens with one attached hydrogen (secondary N) is 1. The Hall–Kier alpha value is -1.11. The van der Waals surface area contributed by atoms with Crippen molar-refractivity contribution in [3.8, 4) is 5.75 Å². The maximum atomic E-state index is 11.6. The minimum atomic E-state index is -3.66. The Morgan fingerprint density at radius 3 is 2.76 bits per heavy atom. The first-order valence-electron chi connectivity index (χ1n) is 5.43. The number of nitrogens with zero attached hydrogens (tertiary/aromatic N) is 1. The molecule has 0 radical (unpaired) electrons. The first-order chi connectivity index (χ1) is 7.99. The van der Waals surface area contributed by atoms with Gasteiger partial charge in [-0.05, 0) is 36.2 Å². The van der Waals surface area contributed by atoms with Crippen molar-refractivity contribution in [2.24, 2.45) is 0 Å². The summed E-state index contributed by atoms with van der Waals surface area (Å²) < 4.78 is 29.2. The molecule has 1 aromatic carbocycles. The van der Waals surface area contributed by atoms with Crippen LogP contribution >= 0.6 is 0 Å². The molecule has 94 valence electrons. The molecule has 0 saturated heterocycles. The van der Waals surface area contributed by atoms with Crippen LogP contribution < -0.4 is 9.50 Å². The average molecular weight is 256 g/mol. The molecule has 0 spiro atoms. The molecule has 0 unspecified atom stereocenters. The second-order valence-corrected chi connectivity index (χ2v) is 5.93. The predicted molar refractivity (Wildman–Crippen MR) is 65.1 cm³/mol. The fraction of sp³-hybridized carbons (Fsp3) is 0.455. The lowest BCUT2D eigenvalue weighted by Gasteiger charge is -2.18. The highest BCUT2D eigenvalue weighted by Crippen LogP contribution is 2.22. The van der Waals surface area contributed by atoms with Crippen LogP contribution in [0.15, 0.2) is 18.2 Å². The zero-order chi connectivity index (χ0) is 12.5. The third-order valence-electron chi connectivity index (χ3n) is 2.71. The first-order valence-corrected chi connectivity index (χ1v) is 6.80. The van der Waals surface area contributed by atoms with Gasteiger partial charge in [0.2, 0.25) is 0 Å². The summed E-state index contributed by atoms with van der Waals surface area (Å²) in [5, 5.41) is 3.26. The van der Waals surface area contributed by atoms with Crippen LogP contribution in [0, 0.1) is 0 Å². The van der Waals surface area contributed by atoms with E-state index in [0.717, 1.165) is 29.4 Å². The highest BCUT2D eigenvalue weighted by molar-refractivity contribution is 7.84. The van der Waals surface area contributed by atoms with Crippen molar-refractivity contribution in [3.05, 3.63) is 29.3 Å². The molecule has 1 aliphatic heterocycles. The Labute approximate surface area is 102 Å². The van der Waals surface area contributed by atoms with Crippen LogP contribution in [0.25, 0.3) is 0 Å². The maximum absolute atomic E-state index is 11.6. The van der Waals surface area contributed by atoms with Gasteiger partial charge in [0.1, 0.15) is 5.75 Å². The van der Waals surface area contributed by atoms with Gasteiger partial charge in [0, 0.05) is 20.6 Å². The molecule has 1 aromatic rings. The molecule has 0 aromatic heterocycles. The summed E-state index contributed by atoms with van der Waals surface area (Å²) in [5.41, 5.74) is 2.35. The van der Waals surface area contributed by atoms with Crippen LogP contribution in [0.3, 0.4) is 0 Å². The summed E-state index contributed by atoms with van der Waals surface area (Å²) in [5.74, 6) is 0.374. The molecule has 1 heterocycles. The van der Waals surface area contributed by atoms with Gasteiger partial charge >= 0.3 is 10.3 Å². The predicted octanol–water partition coefficient (Wildman–Crippen LogP) is 0.518. The largest absolute Gasteiger partial charge is 0.384 e. The summed E-state index contributed by atoms with van der Waals surface area (Å²) in [6.45, 7) is 1.74. The molecule has 0 bridgehead atoms. The number of hydrogen-bond acceptors (Lipinski definition) is 4. The Bertz CT molecular complexity index is 511. The van der Waals surface area contributed by atoms with Crippen molar-refractivity contribution in [3.63, 3.8) is 0 Å². The molecule has 0 saturated carbocycles. The Morgan fingerprint density at radius 1 is 1.29 bits per heavy atom. The molecule has 6 heteroatoms. The Morgan fingerprint density at radius 2 is 2.06 bits per heavy atom. The summed E-state index contributed by atoms with van der Waals surface area (Å²) in [4.78, 5) is 0. The molecule has 5 nitrogen and oxygen atoms in total. The smallest absolute Gasteiger partial charge is 0.371 e. The van der Waals surface area contributed by atoms with Crippen LogP contribution in [-0.2, 0) is 23.3 Å². The zero-order valence-corrected chi connectivity index (χ0v) is 10.8. The van der Waals surface area contributed by atoms with Gasteiger partial charge in [-0.1, -0.05) is 6.07 Å². The highest BCUT2D eigenvalue weighted by atomic mass is 32.2. The number of fused-ring (bicyclic) bond motifs is 1. The topological polar surface area (TPSA) is 58.6 Å². The summed E-state index contributed by atoms with van der Waals surface area (Å²) in [6, 6.07) is 5.39. The molecule has 17 heavy (non-hydrogen) atoms. The van der Waals surface area contributed by atoms with Crippen molar-refractivity contribution in [2.45, 2.75) is 13.0 Å². The van der Waals surface area contributed by atoms with Gasteiger partial charge in [-0.2, -0.15) is 12.7 Å². The minimum absolute atomic E-state index is 0.374. The van der Waals surface area contributed by atoms with Crippen molar-refractivity contribution in [1.82, 2.24) is 9.62 Å². The fourth-order valence-electron chi connectivity index (χ4n) is 1.70. The standard InChI is InChI=1S/C11H16N2O3S/c1-13(2)17(14,15)16-11-4-3-10-8-12-6-5-9(10)7-11/h3-4,7,12H,5-6,8H2,1-2H3. The van der Waals surface area contributed by atoms with Gasteiger partial charge in [0.25, 0.3) is 0 Å². The van der Waals surface area contributed by atoms with Gasteiger partial charge in [-0.15, -0.1) is 0 Å². The molecule has 0 amide bonds. The van der Waals surface area contributed by atoms with Gasteiger partial charge in [-0.3, -0.25) is 0 Å². The lowest BCUT2D eigenvalue weighted by Crippen LogP contribution is -2.27. The summed E-state index contributed by atoms with van der Waals surface area (Å²) in [6.07, 6.45) is 0.897. The van der Waals surface area contributed by atoms with Gasteiger partial charge in [0.15, 0.2) is 0 Å². The SMILES string of the molecule is CN(C)S(=O)(=O)Oc1ccc2c(c1)CCNC2. The molecule has 1 aliphatic rings. The van der Waals surface area contributed by atoms with Crippen molar-refractivity contribution >= 4 is 10.3 Å². The van der Waals surface area contributed by atoms with E-state index in [9.17, 15) is 8.42 Å². The second-order valence-electron chi connectivity index (χ2n) is 4.18. The maximum Gasteiger partial charge on any atom is 0.384 e. The molecule has 0 fully saturated rings. The summed E-state index contributed by atoms with van der Waals surface area (Å²) in [7, 11) is -0.776. The van der Waals surface area contributed by atoms with E-state index in [4.69, 9.17) is 4.18 Å². The molecule has 0 aliphatic carbocycles. The number of benzene rings is 1. The second kappa shape index (κ2) is 4.64. The minimum Gasteiger partial charge on any atom is -0.371 e. The van der Waals surface area contributed by atoms with Crippen LogP contribution in [0.1, 0.15) is 11.1 Å². The van der Waals surface area contributed by atoms with E-state index in [1.807, 2.05) is 6.07 Å². The van der Waals surface area contributed by atoms with E-state index >= 15 is 0 Å². The molecular weight excluding hydrogens is 240 g/mol. The van der Waals surface area contributed by atoms with Gasteiger partial charge in [0.05, 0.1) is 0 Å². The van der Waals surface area contributed by atoms with E-state index in [1.54, 1.807) is 12.1 Å². The van der Waals surface area contributed by atoms with Crippen molar-refractivity contribution in [1.29, 1.82) is 0 Å². The van der Waals surface area contributed by atoms with Crippen molar-refractivity contribution < 1.29 is 12.6 Å². The van der Waals surface area contributed by atoms with E-state index in [-0.39, 0.29) is 0 Å². The highest BCUT2D eigenvalue weighted by Gasteiger charge is 2.17. The number of rotatable bonds is 3. The van der Waals surface area contributed by atoms with E-state index in [0.29, 0.717) is 5.75 Å². The lowest BCUT2D eigenvalue weighted by molar-refractivity contribution is 0.421.